The molecular weight excluding hydrogens is 392 g/mol. The van der Waals surface area contributed by atoms with Gasteiger partial charge in [0.15, 0.2) is 0 Å². The van der Waals surface area contributed by atoms with Crippen LogP contribution in [0, 0.1) is 6.92 Å². The van der Waals surface area contributed by atoms with E-state index in [4.69, 9.17) is 4.42 Å². The van der Waals surface area contributed by atoms with E-state index in [0.717, 1.165) is 11.1 Å². The number of anilines is 1. The minimum Gasteiger partial charge on any atom is -0.416 e. The van der Waals surface area contributed by atoms with E-state index in [-0.39, 0.29) is 11.8 Å². The average Bonchev–Trinajstić information content (AvgIpc) is 3.29. The first-order valence-corrected chi connectivity index (χ1v) is 9.68. The van der Waals surface area contributed by atoms with Gasteiger partial charge in [0.05, 0.1) is 0 Å². The molecule has 2 amide bonds. The second kappa shape index (κ2) is 8.62. The van der Waals surface area contributed by atoms with E-state index in [1.54, 1.807) is 55.6 Å². The van der Waals surface area contributed by atoms with Gasteiger partial charge in [-0.3, -0.25) is 9.59 Å². The number of benzene rings is 3. The first-order chi connectivity index (χ1) is 15.0. The maximum atomic E-state index is 12.6. The Labute approximate surface area is 179 Å². The lowest BCUT2D eigenvalue weighted by molar-refractivity contribution is 0.0961. The fourth-order valence-electron chi connectivity index (χ4n) is 3.11. The molecule has 154 valence electrons. The van der Waals surface area contributed by atoms with Gasteiger partial charge in [-0.15, -0.1) is 10.2 Å². The fraction of sp³-hybridized carbons (Fsp3) is 0.0833. The Morgan fingerprint density at radius 2 is 1.55 bits per heavy atom. The van der Waals surface area contributed by atoms with Gasteiger partial charge >= 0.3 is 0 Å². The van der Waals surface area contributed by atoms with Crippen molar-refractivity contribution in [1.29, 1.82) is 0 Å². The summed E-state index contributed by atoms with van der Waals surface area (Å²) in [4.78, 5) is 24.3. The second-order valence-electron chi connectivity index (χ2n) is 6.92. The molecule has 0 spiro atoms. The number of amides is 2. The lowest BCUT2D eigenvalue weighted by Crippen LogP contribution is -2.18. The van der Waals surface area contributed by atoms with Crippen LogP contribution in [-0.2, 0) is 0 Å². The summed E-state index contributed by atoms with van der Waals surface area (Å²) in [5.41, 5.74) is 4.12. The highest BCUT2D eigenvalue weighted by atomic mass is 16.4. The summed E-state index contributed by atoms with van der Waals surface area (Å²) in [6.45, 7) is 1.98. The number of aromatic nitrogens is 2. The maximum Gasteiger partial charge on any atom is 0.255 e. The van der Waals surface area contributed by atoms with Crippen LogP contribution in [0.25, 0.3) is 22.9 Å². The van der Waals surface area contributed by atoms with E-state index in [9.17, 15) is 9.59 Å². The molecule has 0 saturated carbocycles. The quantitative estimate of drug-likeness (QED) is 0.509. The summed E-state index contributed by atoms with van der Waals surface area (Å²) < 4.78 is 5.82. The minimum atomic E-state index is -0.285. The molecule has 0 fully saturated rings. The topological polar surface area (TPSA) is 97.1 Å². The molecule has 0 aliphatic carbocycles. The average molecular weight is 412 g/mol. The smallest absolute Gasteiger partial charge is 0.255 e. The number of nitrogens with zero attached hydrogens (tertiary/aromatic N) is 2. The highest BCUT2D eigenvalue weighted by molar-refractivity contribution is 6.05. The Morgan fingerprint density at radius 1 is 0.806 bits per heavy atom. The number of hydrogen-bond donors (Lipinski definition) is 2. The van der Waals surface area contributed by atoms with Crippen LogP contribution in [0.1, 0.15) is 26.3 Å². The number of carbonyl (C=O) groups excluding carboxylic acids is 2. The van der Waals surface area contributed by atoms with E-state index < -0.39 is 0 Å². The number of aryl methyl sites for hydroxylation is 1. The molecule has 0 aliphatic rings. The summed E-state index contributed by atoms with van der Waals surface area (Å²) in [6.07, 6.45) is 0. The zero-order valence-corrected chi connectivity index (χ0v) is 17.0. The molecule has 2 N–H and O–H groups in total. The molecule has 0 unspecified atom stereocenters. The summed E-state index contributed by atoms with van der Waals surface area (Å²) in [5, 5.41) is 13.6. The van der Waals surface area contributed by atoms with Crippen molar-refractivity contribution in [3.05, 3.63) is 89.5 Å². The van der Waals surface area contributed by atoms with Crippen LogP contribution in [0.4, 0.5) is 5.69 Å². The number of carbonyl (C=O) groups is 2. The molecular formula is C24H20N4O3. The molecule has 0 bridgehead atoms. The molecule has 7 heteroatoms. The van der Waals surface area contributed by atoms with Gasteiger partial charge in [-0.25, -0.2) is 0 Å². The minimum absolute atomic E-state index is 0.218. The Morgan fingerprint density at radius 3 is 2.29 bits per heavy atom. The number of rotatable bonds is 5. The summed E-state index contributed by atoms with van der Waals surface area (Å²) in [6, 6.07) is 21.4. The molecule has 31 heavy (non-hydrogen) atoms. The van der Waals surface area contributed by atoms with Gasteiger partial charge < -0.3 is 15.1 Å². The highest BCUT2D eigenvalue weighted by Gasteiger charge is 2.13. The van der Waals surface area contributed by atoms with Crippen LogP contribution < -0.4 is 10.6 Å². The van der Waals surface area contributed by atoms with E-state index in [0.29, 0.717) is 34.2 Å². The third kappa shape index (κ3) is 4.35. The molecule has 0 atom stereocenters. The first-order valence-electron chi connectivity index (χ1n) is 9.68. The van der Waals surface area contributed by atoms with Crippen molar-refractivity contribution in [2.24, 2.45) is 0 Å². The maximum absolute atomic E-state index is 12.6. The molecule has 7 nitrogen and oxygen atoms in total. The third-order valence-electron chi connectivity index (χ3n) is 4.80. The molecule has 0 radical (unpaired) electrons. The van der Waals surface area contributed by atoms with Gasteiger partial charge in [0.25, 0.3) is 11.8 Å². The van der Waals surface area contributed by atoms with Crippen molar-refractivity contribution >= 4 is 17.5 Å². The second-order valence-corrected chi connectivity index (χ2v) is 6.92. The fourth-order valence-corrected chi connectivity index (χ4v) is 3.11. The third-order valence-corrected chi connectivity index (χ3v) is 4.80. The van der Waals surface area contributed by atoms with Crippen LogP contribution in [0.15, 0.2) is 77.2 Å². The summed E-state index contributed by atoms with van der Waals surface area (Å²) >= 11 is 0. The van der Waals surface area contributed by atoms with Gasteiger partial charge in [-0.2, -0.15) is 0 Å². The standard InChI is InChI=1S/C24H20N4O3/c1-15-6-3-4-9-20(15)24-28-27-23(31-24)17-12-10-16(11-13-17)22(30)26-19-8-5-7-18(14-19)21(29)25-2/h3-14H,1-2H3,(H,25,29)(H,26,30). The van der Waals surface area contributed by atoms with Gasteiger partial charge in [0.2, 0.25) is 11.8 Å². The lowest BCUT2D eigenvalue weighted by Gasteiger charge is -2.07. The monoisotopic (exact) mass is 412 g/mol. The van der Waals surface area contributed by atoms with Crippen LogP contribution in [0.2, 0.25) is 0 Å². The van der Waals surface area contributed by atoms with Crippen molar-refractivity contribution < 1.29 is 14.0 Å². The Hall–Kier alpha value is -4.26. The SMILES string of the molecule is CNC(=O)c1cccc(NC(=O)c2ccc(-c3nnc(-c4ccccc4C)o3)cc2)c1. The van der Waals surface area contributed by atoms with E-state index >= 15 is 0 Å². The van der Waals surface area contributed by atoms with Crippen molar-refractivity contribution in [2.45, 2.75) is 6.92 Å². The van der Waals surface area contributed by atoms with Gasteiger partial charge in [0, 0.05) is 35.0 Å². The normalized spacial score (nSPS) is 10.5. The molecule has 3 aromatic carbocycles. The Kier molecular flexibility index (Phi) is 5.57. The lowest BCUT2D eigenvalue weighted by atomic mass is 10.1. The Bertz CT molecular complexity index is 1250. The van der Waals surface area contributed by atoms with Crippen LogP contribution in [-0.4, -0.2) is 29.1 Å². The Balaban J connectivity index is 1.49. The molecule has 0 aliphatic heterocycles. The predicted octanol–water partition coefficient (Wildman–Crippen LogP) is 4.32. The molecule has 4 aromatic rings. The highest BCUT2D eigenvalue weighted by Crippen LogP contribution is 2.26. The van der Waals surface area contributed by atoms with Crippen molar-refractivity contribution in [3.63, 3.8) is 0 Å². The molecule has 0 saturated heterocycles. The van der Waals surface area contributed by atoms with Gasteiger partial charge in [0.1, 0.15) is 0 Å². The van der Waals surface area contributed by atoms with Crippen molar-refractivity contribution in [3.8, 4) is 22.9 Å². The van der Waals surface area contributed by atoms with E-state index in [1.807, 2.05) is 31.2 Å². The summed E-state index contributed by atoms with van der Waals surface area (Å²) in [7, 11) is 1.56. The van der Waals surface area contributed by atoms with E-state index in [2.05, 4.69) is 20.8 Å². The number of nitrogens with one attached hydrogen (secondary N) is 2. The number of hydrogen-bond acceptors (Lipinski definition) is 5. The molecule has 1 heterocycles. The zero-order valence-electron chi connectivity index (χ0n) is 17.0. The summed E-state index contributed by atoms with van der Waals surface area (Å²) in [5.74, 6) is 0.325. The zero-order chi connectivity index (χ0) is 21.8. The van der Waals surface area contributed by atoms with Gasteiger partial charge in [-0.05, 0) is 61.0 Å². The van der Waals surface area contributed by atoms with E-state index in [1.165, 1.54) is 0 Å². The van der Waals surface area contributed by atoms with Crippen LogP contribution in [0.5, 0.6) is 0 Å². The van der Waals surface area contributed by atoms with Crippen molar-refractivity contribution in [1.82, 2.24) is 15.5 Å². The van der Waals surface area contributed by atoms with Gasteiger partial charge in [-0.1, -0.05) is 24.3 Å². The predicted molar refractivity (Wildman–Crippen MR) is 118 cm³/mol. The largest absolute Gasteiger partial charge is 0.416 e. The van der Waals surface area contributed by atoms with Crippen LogP contribution in [0.3, 0.4) is 0 Å². The van der Waals surface area contributed by atoms with Crippen molar-refractivity contribution in [2.75, 3.05) is 12.4 Å². The molecule has 4 rings (SSSR count). The van der Waals surface area contributed by atoms with Crippen LogP contribution >= 0.6 is 0 Å². The molecule has 1 aromatic heterocycles. The first kappa shape index (κ1) is 20.0.